The zero-order valence-electron chi connectivity index (χ0n) is 14.8. The molecule has 1 atom stereocenters. The Bertz CT molecular complexity index is 793. The molecule has 1 unspecified atom stereocenters. The van der Waals surface area contributed by atoms with E-state index in [1.54, 1.807) is 0 Å². The molecule has 5 nitrogen and oxygen atoms in total. The van der Waals surface area contributed by atoms with Crippen LogP contribution >= 0.6 is 24.0 Å². The number of aryl methyl sites for hydroxylation is 2. The second kappa shape index (κ2) is 8.70. The zero-order valence-corrected chi connectivity index (χ0v) is 17.1. The normalized spacial score (nSPS) is 18.8. The van der Waals surface area contributed by atoms with Crippen molar-refractivity contribution in [3.05, 3.63) is 58.9 Å². The van der Waals surface area contributed by atoms with Gasteiger partial charge in [0.25, 0.3) is 0 Å². The number of benzene rings is 1. The molecule has 6 heteroatoms. The Balaban J connectivity index is 0.00000196. The van der Waals surface area contributed by atoms with Crippen molar-refractivity contribution in [3.8, 4) is 5.75 Å². The Morgan fingerprint density at radius 1 is 1.19 bits per heavy atom. The largest absolute Gasteiger partial charge is 0.493 e. The molecule has 1 aromatic heterocycles. The monoisotopic (exact) mass is 464 g/mol. The smallest absolute Gasteiger partial charge is 0.189 e. The lowest BCUT2D eigenvalue weighted by atomic mass is 9.96. The number of rotatable bonds is 3. The van der Waals surface area contributed by atoms with Gasteiger partial charge in [-0.15, -0.1) is 24.0 Å². The molecule has 0 spiro atoms. The van der Waals surface area contributed by atoms with Crippen LogP contribution in [0.3, 0.4) is 0 Å². The topological polar surface area (TPSA) is 72.5 Å². The van der Waals surface area contributed by atoms with E-state index in [0.717, 1.165) is 36.3 Å². The van der Waals surface area contributed by atoms with E-state index in [-0.39, 0.29) is 30.0 Å². The summed E-state index contributed by atoms with van der Waals surface area (Å²) >= 11 is 0. The number of nitrogens with one attached hydrogen (secondary N) is 1. The van der Waals surface area contributed by atoms with E-state index in [9.17, 15) is 0 Å². The molecule has 1 aromatic carbocycles. The van der Waals surface area contributed by atoms with E-state index in [0.29, 0.717) is 19.1 Å². The summed E-state index contributed by atoms with van der Waals surface area (Å²) in [4.78, 5) is 9.25. The molecule has 138 valence electrons. The third-order valence-corrected chi connectivity index (χ3v) is 4.93. The van der Waals surface area contributed by atoms with Crippen molar-refractivity contribution in [3.63, 3.8) is 0 Å². The van der Waals surface area contributed by atoms with E-state index in [1.165, 1.54) is 24.1 Å². The molecule has 0 fully saturated rings. The molecule has 4 rings (SSSR count). The van der Waals surface area contributed by atoms with Crippen molar-refractivity contribution in [2.75, 3.05) is 6.61 Å². The van der Waals surface area contributed by atoms with Gasteiger partial charge in [-0.2, -0.15) is 0 Å². The molecule has 2 aromatic rings. The Morgan fingerprint density at radius 2 is 2.04 bits per heavy atom. The molecule has 1 aliphatic heterocycles. The number of fused-ring (bicyclic) bond motifs is 2. The highest BCUT2D eigenvalue weighted by Crippen LogP contribution is 2.31. The summed E-state index contributed by atoms with van der Waals surface area (Å²) in [5, 5.41) is 3.33. The van der Waals surface area contributed by atoms with Gasteiger partial charge in [0.2, 0.25) is 0 Å². The minimum absolute atomic E-state index is 0. The van der Waals surface area contributed by atoms with Crippen molar-refractivity contribution in [1.82, 2.24) is 10.3 Å². The van der Waals surface area contributed by atoms with Crippen LogP contribution in [0, 0.1) is 0 Å². The number of hydrogen-bond acceptors (Lipinski definition) is 3. The molecule has 0 saturated heterocycles. The van der Waals surface area contributed by atoms with E-state index in [1.807, 2.05) is 18.2 Å². The van der Waals surface area contributed by atoms with Gasteiger partial charge in [-0.3, -0.25) is 4.98 Å². The number of pyridine rings is 1. The number of ether oxygens (including phenoxy) is 1. The van der Waals surface area contributed by atoms with Crippen molar-refractivity contribution in [2.24, 2.45) is 10.7 Å². The summed E-state index contributed by atoms with van der Waals surface area (Å²) in [5.74, 6) is 1.39. The second-order valence-corrected chi connectivity index (χ2v) is 6.69. The quantitative estimate of drug-likeness (QED) is 0.415. The standard InChI is InChI=1S/C20H24N4O.HI/c21-20(24-18-11-12-25-19-8-4-2-6-16(18)19)22-13-15-10-9-14-5-1-3-7-17(14)23-15;/h2,4,6,8-10,18H,1,3,5,7,11-13H2,(H3,21,22,24);1H. The van der Waals surface area contributed by atoms with E-state index >= 15 is 0 Å². The SMILES string of the molecule is I.NC(=NCc1ccc2c(n1)CCCC2)NC1CCOc2ccccc21. The lowest BCUT2D eigenvalue weighted by molar-refractivity contribution is 0.262. The van der Waals surface area contributed by atoms with Crippen LogP contribution in [0.5, 0.6) is 5.75 Å². The third-order valence-electron chi connectivity index (χ3n) is 4.93. The van der Waals surface area contributed by atoms with Crippen LogP contribution < -0.4 is 15.8 Å². The summed E-state index contributed by atoms with van der Waals surface area (Å²) in [6, 6.07) is 12.5. The van der Waals surface area contributed by atoms with Gasteiger partial charge in [0.05, 0.1) is 24.9 Å². The van der Waals surface area contributed by atoms with Gasteiger partial charge in [-0.1, -0.05) is 24.3 Å². The van der Waals surface area contributed by atoms with E-state index in [4.69, 9.17) is 15.5 Å². The van der Waals surface area contributed by atoms with Gasteiger partial charge in [0.15, 0.2) is 5.96 Å². The van der Waals surface area contributed by atoms with Gasteiger partial charge >= 0.3 is 0 Å². The van der Waals surface area contributed by atoms with Crippen LogP contribution in [0.2, 0.25) is 0 Å². The molecule has 3 N–H and O–H groups in total. The molecule has 1 aliphatic carbocycles. The first-order chi connectivity index (χ1) is 12.3. The summed E-state index contributed by atoms with van der Waals surface area (Å²) in [6.07, 6.45) is 5.62. The number of halogens is 1. The maximum Gasteiger partial charge on any atom is 0.189 e. The van der Waals surface area contributed by atoms with Crippen LogP contribution in [0.1, 0.15) is 47.8 Å². The zero-order chi connectivity index (χ0) is 17.1. The highest BCUT2D eigenvalue weighted by molar-refractivity contribution is 14.0. The number of hydrogen-bond donors (Lipinski definition) is 2. The van der Waals surface area contributed by atoms with E-state index < -0.39 is 0 Å². The first-order valence-electron chi connectivity index (χ1n) is 9.05. The highest BCUT2D eigenvalue weighted by Gasteiger charge is 2.21. The lowest BCUT2D eigenvalue weighted by Gasteiger charge is -2.26. The lowest BCUT2D eigenvalue weighted by Crippen LogP contribution is -2.37. The number of aromatic nitrogens is 1. The summed E-state index contributed by atoms with van der Waals surface area (Å²) < 4.78 is 5.69. The molecule has 0 amide bonds. The highest BCUT2D eigenvalue weighted by atomic mass is 127. The fourth-order valence-electron chi connectivity index (χ4n) is 3.60. The first kappa shape index (κ1) is 18.9. The molecule has 2 heterocycles. The first-order valence-corrected chi connectivity index (χ1v) is 9.05. The fraction of sp³-hybridized carbons (Fsp3) is 0.400. The number of nitrogens with zero attached hydrogens (tertiary/aromatic N) is 2. The summed E-state index contributed by atoms with van der Waals surface area (Å²) in [7, 11) is 0. The molecule has 0 saturated carbocycles. The Kier molecular flexibility index (Phi) is 6.34. The number of para-hydroxylation sites is 1. The van der Waals surface area contributed by atoms with Crippen molar-refractivity contribution >= 4 is 29.9 Å². The van der Waals surface area contributed by atoms with Crippen LogP contribution in [0.4, 0.5) is 0 Å². The summed E-state index contributed by atoms with van der Waals surface area (Å²) in [5.41, 5.74) is 10.9. The maximum absolute atomic E-state index is 6.12. The van der Waals surface area contributed by atoms with Crippen molar-refractivity contribution in [1.29, 1.82) is 0 Å². The average Bonchev–Trinajstić information content (AvgIpc) is 2.66. The Labute approximate surface area is 171 Å². The molecule has 0 bridgehead atoms. The Hall–Kier alpha value is -1.83. The molecular weight excluding hydrogens is 439 g/mol. The third kappa shape index (κ3) is 4.28. The van der Waals surface area contributed by atoms with Crippen LogP contribution in [0.25, 0.3) is 0 Å². The molecule has 0 radical (unpaired) electrons. The van der Waals surface area contributed by atoms with Crippen molar-refractivity contribution < 1.29 is 4.74 Å². The molecular formula is C20H25IN4O. The number of nitrogens with two attached hydrogens (primary N) is 1. The maximum atomic E-state index is 6.12. The van der Waals surface area contributed by atoms with Crippen LogP contribution in [0.15, 0.2) is 41.4 Å². The van der Waals surface area contributed by atoms with E-state index in [2.05, 4.69) is 28.5 Å². The van der Waals surface area contributed by atoms with Gasteiger partial charge in [0, 0.05) is 17.7 Å². The van der Waals surface area contributed by atoms with Gasteiger partial charge in [-0.05, 0) is 43.4 Å². The minimum atomic E-state index is 0. The van der Waals surface area contributed by atoms with Gasteiger partial charge < -0.3 is 15.8 Å². The Morgan fingerprint density at radius 3 is 2.96 bits per heavy atom. The fourth-order valence-corrected chi connectivity index (χ4v) is 3.60. The summed E-state index contributed by atoms with van der Waals surface area (Å²) in [6.45, 7) is 1.20. The average molecular weight is 464 g/mol. The van der Waals surface area contributed by atoms with Crippen LogP contribution in [-0.4, -0.2) is 17.6 Å². The molecule has 26 heavy (non-hydrogen) atoms. The minimum Gasteiger partial charge on any atom is -0.493 e. The number of aliphatic imine (C=N–C) groups is 1. The molecule has 2 aliphatic rings. The predicted octanol–water partition coefficient (Wildman–Crippen LogP) is 3.51. The van der Waals surface area contributed by atoms with Crippen molar-refractivity contribution in [2.45, 2.75) is 44.7 Å². The van der Waals surface area contributed by atoms with Gasteiger partial charge in [-0.25, -0.2) is 4.99 Å². The van der Waals surface area contributed by atoms with Crippen LogP contribution in [-0.2, 0) is 19.4 Å². The predicted molar refractivity (Wildman–Crippen MR) is 114 cm³/mol. The number of guanidine groups is 1. The van der Waals surface area contributed by atoms with Gasteiger partial charge in [0.1, 0.15) is 5.75 Å². The second-order valence-electron chi connectivity index (χ2n) is 6.69.